The van der Waals surface area contributed by atoms with Gasteiger partial charge in [0.25, 0.3) is 0 Å². The van der Waals surface area contributed by atoms with Gasteiger partial charge in [-0.3, -0.25) is 0 Å². The second-order valence-corrected chi connectivity index (χ2v) is 7.16. The van der Waals surface area contributed by atoms with E-state index in [9.17, 15) is 4.79 Å². The first kappa shape index (κ1) is 19.3. The Bertz CT molecular complexity index is 492. The third-order valence-electron chi connectivity index (χ3n) is 3.40. The molecule has 0 fully saturated rings. The number of amides is 1. The van der Waals surface area contributed by atoms with Gasteiger partial charge in [-0.15, -0.1) is 0 Å². The highest BCUT2D eigenvalue weighted by Gasteiger charge is 2.17. The van der Waals surface area contributed by atoms with E-state index in [2.05, 4.69) is 46.7 Å². The summed E-state index contributed by atoms with van der Waals surface area (Å²) in [4.78, 5) is 13.8. The summed E-state index contributed by atoms with van der Waals surface area (Å²) < 4.78 is 5.25. The van der Waals surface area contributed by atoms with Crippen LogP contribution in [0.1, 0.15) is 46.2 Å². The number of benzene rings is 1. The summed E-state index contributed by atoms with van der Waals surface area (Å²) in [7, 11) is 4.06. The highest BCUT2D eigenvalue weighted by Crippen LogP contribution is 2.17. The van der Waals surface area contributed by atoms with Crippen LogP contribution in [0.5, 0.6) is 0 Å². The van der Waals surface area contributed by atoms with Gasteiger partial charge in [-0.2, -0.15) is 0 Å². The van der Waals surface area contributed by atoms with Crippen molar-refractivity contribution in [2.24, 2.45) is 0 Å². The zero-order valence-corrected chi connectivity index (χ0v) is 15.4. The zero-order chi connectivity index (χ0) is 17.6. The van der Waals surface area contributed by atoms with Crippen LogP contribution in [-0.4, -0.2) is 38.4 Å². The maximum atomic E-state index is 11.7. The molecule has 0 heterocycles. The van der Waals surface area contributed by atoms with E-state index in [0.717, 1.165) is 0 Å². The Labute approximate surface area is 140 Å². The van der Waals surface area contributed by atoms with Crippen LogP contribution in [0.25, 0.3) is 0 Å². The molecule has 0 saturated carbocycles. The van der Waals surface area contributed by atoms with Gasteiger partial charge in [0.1, 0.15) is 5.60 Å². The van der Waals surface area contributed by atoms with Crippen LogP contribution < -0.4 is 15.5 Å². The lowest BCUT2D eigenvalue weighted by molar-refractivity contribution is 0.0507. The summed E-state index contributed by atoms with van der Waals surface area (Å²) in [6.07, 6.45) is -0.380. The topological polar surface area (TPSA) is 53.6 Å². The molecule has 5 nitrogen and oxygen atoms in total. The van der Waals surface area contributed by atoms with Gasteiger partial charge >= 0.3 is 6.09 Å². The third kappa shape index (κ3) is 7.37. The number of ether oxygens (including phenoxy) is 1. The van der Waals surface area contributed by atoms with Gasteiger partial charge in [0.2, 0.25) is 0 Å². The lowest BCUT2D eigenvalue weighted by Crippen LogP contribution is -2.43. The highest BCUT2D eigenvalue weighted by molar-refractivity contribution is 5.68. The van der Waals surface area contributed by atoms with Crippen LogP contribution >= 0.6 is 0 Å². The van der Waals surface area contributed by atoms with Gasteiger partial charge in [-0.05, 0) is 52.3 Å². The zero-order valence-electron chi connectivity index (χ0n) is 15.4. The third-order valence-corrected chi connectivity index (χ3v) is 3.40. The molecule has 1 aromatic carbocycles. The SMILES string of the molecule is CC(CNC(C)c1ccc(N(C)C)cc1)NC(=O)OC(C)(C)C. The van der Waals surface area contributed by atoms with E-state index >= 15 is 0 Å². The minimum atomic E-state index is -0.474. The minimum Gasteiger partial charge on any atom is -0.444 e. The molecule has 0 saturated heterocycles. The van der Waals surface area contributed by atoms with Crippen LogP contribution in [0, 0.1) is 0 Å². The van der Waals surface area contributed by atoms with E-state index in [-0.39, 0.29) is 18.2 Å². The van der Waals surface area contributed by atoms with Gasteiger partial charge in [-0.25, -0.2) is 4.79 Å². The van der Waals surface area contributed by atoms with Gasteiger partial charge in [0.05, 0.1) is 0 Å². The molecule has 1 amide bonds. The van der Waals surface area contributed by atoms with Crippen molar-refractivity contribution in [3.63, 3.8) is 0 Å². The highest BCUT2D eigenvalue weighted by atomic mass is 16.6. The number of rotatable bonds is 6. The lowest BCUT2D eigenvalue weighted by Gasteiger charge is -2.23. The number of anilines is 1. The average Bonchev–Trinajstić information content (AvgIpc) is 2.42. The molecule has 0 spiro atoms. The van der Waals surface area contributed by atoms with Crippen molar-refractivity contribution < 1.29 is 9.53 Å². The largest absolute Gasteiger partial charge is 0.444 e. The number of nitrogens with zero attached hydrogens (tertiary/aromatic N) is 1. The van der Waals surface area contributed by atoms with Gasteiger partial charge in [0, 0.05) is 38.4 Å². The standard InChI is InChI=1S/C18H31N3O2/c1-13(20-17(22)23-18(3,4)5)12-19-14(2)15-8-10-16(11-9-15)21(6)7/h8-11,13-14,19H,12H2,1-7H3,(H,20,22). The Morgan fingerprint density at radius 1 is 1.17 bits per heavy atom. The first-order valence-corrected chi connectivity index (χ1v) is 8.08. The molecule has 130 valence electrons. The van der Waals surface area contributed by atoms with E-state index in [1.165, 1.54) is 11.3 Å². The Balaban J connectivity index is 2.43. The second-order valence-electron chi connectivity index (χ2n) is 7.16. The Hall–Kier alpha value is -1.75. The molecule has 0 radical (unpaired) electrons. The number of hydrogen-bond acceptors (Lipinski definition) is 4. The summed E-state index contributed by atoms with van der Waals surface area (Å²) >= 11 is 0. The summed E-state index contributed by atoms with van der Waals surface area (Å²) in [6.45, 7) is 10.3. The first-order valence-electron chi connectivity index (χ1n) is 8.08. The quantitative estimate of drug-likeness (QED) is 0.844. The molecule has 2 N–H and O–H groups in total. The molecule has 0 aliphatic carbocycles. The molecule has 23 heavy (non-hydrogen) atoms. The van der Waals surface area contributed by atoms with Crippen molar-refractivity contribution >= 4 is 11.8 Å². The molecule has 1 rings (SSSR count). The van der Waals surface area contributed by atoms with Crippen molar-refractivity contribution in [2.45, 2.75) is 52.3 Å². The average molecular weight is 321 g/mol. The van der Waals surface area contributed by atoms with Crippen molar-refractivity contribution in [3.05, 3.63) is 29.8 Å². The van der Waals surface area contributed by atoms with E-state index in [0.29, 0.717) is 6.54 Å². The van der Waals surface area contributed by atoms with E-state index in [1.54, 1.807) is 0 Å². The van der Waals surface area contributed by atoms with E-state index < -0.39 is 5.60 Å². The van der Waals surface area contributed by atoms with Gasteiger partial charge < -0.3 is 20.3 Å². The number of carbonyl (C=O) groups is 1. The van der Waals surface area contributed by atoms with Crippen LogP contribution in [-0.2, 0) is 4.74 Å². The van der Waals surface area contributed by atoms with Crippen LogP contribution in [0.3, 0.4) is 0 Å². The number of carbonyl (C=O) groups excluding carboxylic acids is 1. The first-order chi connectivity index (χ1) is 10.6. The molecule has 0 aliphatic heterocycles. The molecule has 0 bridgehead atoms. The molecule has 0 aromatic heterocycles. The van der Waals surface area contributed by atoms with Crippen LogP contribution in [0.4, 0.5) is 10.5 Å². The van der Waals surface area contributed by atoms with E-state index in [1.807, 2.05) is 41.8 Å². The smallest absolute Gasteiger partial charge is 0.407 e. The number of alkyl carbamates (subject to hydrolysis) is 1. The fraction of sp³-hybridized carbons (Fsp3) is 0.611. The molecule has 2 atom stereocenters. The fourth-order valence-corrected chi connectivity index (χ4v) is 2.09. The maximum absolute atomic E-state index is 11.7. The van der Waals surface area contributed by atoms with Crippen molar-refractivity contribution in [1.29, 1.82) is 0 Å². The molecule has 0 aliphatic rings. The summed E-state index contributed by atoms with van der Waals surface area (Å²) in [5.74, 6) is 0. The van der Waals surface area contributed by atoms with Crippen LogP contribution in [0.15, 0.2) is 24.3 Å². The van der Waals surface area contributed by atoms with Gasteiger partial charge in [0.15, 0.2) is 0 Å². The van der Waals surface area contributed by atoms with Crippen molar-refractivity contribution in [1.82, 2.24) is 10.6 Å². The summed E-state index contributed by atoms with van der Waals surface area (Å²) in [5, 5.41) is 6.27. The van der Waals surface area contributed by atoms with Crippen LogP contribution in [0.2, 0.25) is 0 Å². The summed E-state index contributed by atoms with van der Waals surface area (Å²) in [6, 6.07) is 8.67. The maximum Gasteiger partial charge on any atom is 0.407 e. The summed E-state index contributed by atoms with van der Waals surface area (Å²) in [5.41, 5.74) is 1.93. The number of hydrogen-bond donors (Lipinski definition) is 2. The normalized spacial score (nSPS) is 14.0. The molecule has 2 unspecified atom stereocenters. The monoisotopic (exact) mass is 321 g/mol. The predicted molar refractivity (Wildman–Crippen MR) is 96.0 cm³/mol. The molecule has 5 heteroatoms. The lowest BCUT2D eigenvalue weighted by atomic mass is 10.1. The predicted octanol–water partition coefficient (Wildman–Crippen LogP) is 3.32. The van der Waals surface area contributed by atoms with Gasteiger partial charge in [-0.1, -0.05) is 12.1 Å². The number of nitrogens with one attached hydrogen (secondary N) is 2. The van der Waals surface area contributed by atoms with E-state index in [4.69, 9.17) is 4.74 Å². The van der Waals surface area contributed by atoms with Crippen molar-refractivity contribution in [2.75, 3.05) is 25.5 Å². The molecular formula is C18H31N3O2. The fourth-order valence-electron chi connectivity index (χ4n) is 2.09. The molecule has 1 aromatic rings. The van der Waals surface area contributed by atoms with Crippen molar-refractivity contribution in [3.8, 4) is 0 Å². The minimum absolute atomic E-state index is 0.00616. The Morgan fingerprint density at radius 3 is 2.22 bits per heavy atom. The Kier molecular flexibility index (Phi) is 6.88. The second kappa shape index (κ2) is 8.20. The molecular weight excluding hydrogens is 290 g/mol. The Morgan fingerprint density at radius 2 is 1.74 bits per heavy atom.